The summed E-state index contributed by atoms with van der Waals surface area (Å²) in [4.78, 5) is 22.1. The molecule has 0 unspecified atom stereocenters. The number of rotatable bonds is 3. The average molecular weight is 237 g/mol. The number of ether oxygens (including phenoxy) is 2. The summed E-state index contributed by atoms with van der Waals surface area (Å²) in [6.07, 6.45) is -0.950. The largest absolute Gasteiger partial charge is 0.457 e. The summed E-state index contributed by atoms with van der Waals surface area (Å²) in [5, 5.41) is 0. The van der Waals surface area contributed by atoms with Crippen molar-refractivity contribution in [1.29, 1.82) is 0 Å². The van der Waals surface area contributed by atoms with E-state index in [2.05, 4.69) is 4.74 Å². The quantitative estimate of drug-likeness (QED) is 0.559. The van der Waals surface area contributed by atoms with Gasteiger partial charge in [-0.1, -0.05) is 13.8 Å². The first-order chi connectivity index (χ1) is 6.63. The van der Waals surface area contributed by atoms with Gasteiger partial charge in [0.25, 0.3) is 0 Å². The minimum Gasteiger partial charge on any atom is -0.457 e. The Bertz CT molecular complexity index is 242. The molecule has 0 aliphatic rings. The maximum absolute atomic E-state index is 11.6. The van der Waals surface area contributed by atoms with Gasteiger partial charge >= 0.3 is 11.4 Å². The Morgan fingerprint density at radius 2 is 1.67 bits per heavy atom. The van der Waals surface area contributed by atoms with Crippen LogP contribution in [0.1, 0.15) is 34.6 Å². The standard InChI is InChI=1S/C10H17ClO4/c1-6(2)7(14-9(11)13)8(12)15-10(3,4)5/h6-7H,1-5H3/t7-/m0/s1. The normalized spacial score (nSPS) is 13.5. The SMILES string of the molecule is CC(C)[C@H](OC(=O)Cl)C(=O)OC(C)(C)C. The van der Waals surface area contributed by atoms with Gasteiger partial charge in [0, 0.05) is 17.5 Å². The van der Waals surface area contributed by atoms with Crippen LogP contribution in [0, 0.1) is 5.92 Å². The fraction of sp³-hybridized carbons (Fsp3) is 0.800. The number of hydrogen-bond acceptors (Lipinski definition) is 4. The van der Waals surface area contributed by atoms with E-state index in [1.165, 1.54) is 0 Å². The third-order valence-corrected chi connectivity index (χ3v) is 1.55. The molecule has 5 heteroatoms. The smallest absolute Gasteiger partial charge is 0.404 e. The second kappa shape index (κ2) is 5.35. The molecule has 0 aromatic rings. The van der Waals surface area contributed by atoms with E-state index in [1.807, 2.05) is 0 Å². The van der Waals surface area contributed by atoms with Crippen LogP contribution in [0.2, 0.25) is 0 Å². The number of esters is 1. The summed E-state index contributed by atoms with van der Waals surface area (Å²) in [6.45, 7) is 8.71. The van der Waals surface area contributed by atoms with Crippen LogP contribution < -0.4 is 0 Å². The third kappa shape index (κ3) is 6.33. The summed E-state index contributed by atoms with van der Waals surface area (Å²) >= 11 is 5.06. The molecule has 0 aromatic heterocycles. The summed E-state index contributed by atoms with van der Waals surface area (Å²) in [5.74, 6) is -0.756. The van der Waals surface area contributed by atoms with Crippen LogP contribution in [0.25, 0.3) is 0 Å². The Morgan fingerprint density at radius 3 is 1.93 bits per heavy atom. The minimum atomic E-state index is -1.00. The lowest BCUT2D eigenvalue weighted by Crippen LogP contribution is -2.37. The van der Waals surface area contributed by atoms with E-state index >= 15 is 0 Å². The fourth-order valence-electron chi connectivity index (χ4n) is 0.916. The van der Waals surface area contributed by atoms with Gasteiger partial charge in [0.15, 0.2) is 0 Å². The van der Waals surface area contributed by atoms with Crippen molar-refractivity contribution >= 4 is 23.0 Å². The number of carbonyl (C=O) groups is 2. The van der Waals surface area contributed by atoms with Crippen molar-refractivity contribution in [3.8, 4) is 0 Å². The molecular formula is C10H17ClO4. The van der Waals surface area contributed by atoms with Crippen LogP contribution in [-0.4, -0.2) is 23.1 Å². The van der Waals surface area contributed by atoms with Crippen molar-refractivity contribution in [2.45, 2.75) is 46.3 Å². The van der Waals surface area contributed by atoms with Gasteiger partial charge in [0.05, 0.1) is 0 Å². The summed E-state index contributed by atoms with van der Waals surface area (Å²) in [6, 6.07) is 0. The first-order valence-electron chi connectivity index (χ1n) is 4.72. The fourth-order valence-corrected chi connectivity index (χ4v) is 1.01. The van der Waals surface area contributed by atoms with Crippen LogP contribution >= 0.6 is 11.6 Å². The second-order valence-corrected chi connectivity index (χ2v) is 4.86. The Kier molecular flexibility index (Phi) is 5.08. The number of carbonyl (C=O) groups excluding carboxylic acids is 2. The summed E-state index contributed by atoms with van der Waals surface area (Å²) in [7, 11) is 0. The van der Waals surface area contributed by atoms with E-state index in [1.54, 1.807) is 34.6 Å². The monoisotopic (exact) mass is 236 g/mol. The molecule has 0 bridgehead atoms. The molecule has 0 rings (SSSR count). The minimum absolute atomic E-state index is 0.178. The van der Waals surface area contributed by atoms with Gasteiger partial charge < -0.3 is 9.47 Å². The van der Waals surface area contributed by atoms with Gasteiger partial charge in [0.1, 0.15) is 5.60 Å². The highest BCUT2D eigenvalue weighted by Gasteiger charge is 2.30. The van der Waals surface area contributed by atoms with E-state index in [-0.39, 0.29) is 5.92 Å². The maximum Gasteiger partial charge on any atom is 0.404 e. The van der Waals surface area contributed by atoms with Crippen molar-refractivity contribution in [2.75, 3.05) is 0 Å². The molecular weight excluding hydrogens is 220 g/mol. The average Bonchev–Trinajstić information content (AvgIpc) is 1.95. The second-order valence-electron chi connectivity index (χ2n) is 4.55. The molecule has 0 radical (unpaired) electrons. The predicted octanol–water partition coefficient (Wildman–Crippen LogP) is 2.73. The Labute approximate surface area is 94.9 Å². The highest BCUT2D eigenvalue weighted by Crippen LogP contribution is 2.15. The first-order valence-corrected chi connectivity index (χ1v) is 5.10. The summed E-state index contributed by atoms with van der Waals surface area (Å²) in [5.41, 5.74) is -1.61. The van der Waals surface area contributed by atoms with Gasteiger partial charge in [-0.05, 0) is 20.8 Å². The molecule has 0 spiro atoms. The van der Waals surface area contributed by atoms with Crippen LogP contribution in [0.5, 0.6) is 0 Å². The van der Waals surface area contributed by atoms with Crippen molar-refractivity contribution in [2.24, 2.45) is 5.92 Å². The lowest BCUT2D eigenvalue weighted by Gasteiger charge is -2.25. The zero-order chi connectivity index (χ0) is 12.2. The molecule has 0 amide bonds. The van der Waals surface area contributed by atoms with Gasteiger partial charge in [-0.3, -0.25) is 0 Å². The van der Waals surface area contributed by atoms with Gasteiger partial charge in [-0.25, -0.2) is 9.59 Å². The molecule has 88 valence electrons. The van der Waals surface area contributed by atoms with Gasteiger partial charge in [-0.15, -0.1) is 0 Å². The van der Waals surface area contributed by atoms with Crippen molar-refractivity contribution in [3.63, 3.8) is 0 Å². The number of hydrogen-bond donors (Lipinski definition) is 0. The van der Waals surface area contributed by atoms with E-state index in [9.17, 15) is 9.59 Å². The van der Waals surface area contributed by atoms with E-state index < -0.39 is 23.1 Å². The number of halogens is 1. The molecule has 0 aliphatic heterocycles. The Morgan fingerprint density at radius 1 is 1.20 bits per heavy atom. The zero-order valence-corrected chi connectivity index (χ0v) is 10.4. The Balaban J connectivity index is 4.50. The van der Waals surface area contributed by atoms with Crippen molar-refractivity contribution in [1.82, 2.24) is 0 Å². The topological polar surface area (TPSA) is 52.6 Å². The van der Waals surface area contributed by atoms with Crippen LogP contribution in [-0.2, 0) is 14.3 Å². The van der Waals surface area contributed by atoms with Crippen molar-refractivity contribution < 1.29 is 19.1 Å². The maximum atomic E-state index is 11.6. The van der Waals surface area contributed by atoms with E-state index in [4.69, 9.17) is 16.3 Å². The Hall–Kier alpha value is -0.770. The highest BCUT2D eigenvalue weighted by atomic mass is 35.5. The zero-order valence-electron chi connectivity index (χ0n) is 9.67. The summed E-state index contributed by atoms with van der Waals surface area (Å²) < 4.78 is 9.76. The first kappa shape index (κ1) is 14.2. The van der Waals surface area contributed by atoms with Gasteiger partial charge in [-0.2, -0.15) is 0 Å². The van der Waals surface area contributed by atoms with E-state index in [0.717, 1.165) is 0 Å². The molecule has 4 nitrogen and oxygen atoms in total. The highest BCUT2D eigenvalue weighted by molar-refractivity contribution is 6.61. The van der Waals surface area contributed by atoms with Crippen LogP contribution in [0.3, 0.4) is 0 Å². The van der Waals surface area contributed by atoms with Crippen molar-refractivity contribution in [3.05, 3.63) is 0 Å². The van der Waals surface area contributed by atoms with Crippen LogP contribution in [0.15, 0.2) is 0 Å². The molecule has 0 aromatic carbocycles. The molecule has 0 heterocycles. The van der Waals surface area contributed by atoms with E-state index in [0.29, 0.717) is 0 Å². The molecule has 0 aliphatic carbocycles. The lowest BCUT2D eigenvalue weighted by molar-refractivity contribution is -0.166. The van der Waals surface area contributed by atoms with Gasteiger partial charge in [0.2, 0.25) is 6.10 Å². The molecule has 0 N–H and O–H groups in total. The molecule has 0 saturated heterocycles. The molecule has 1 atom stereocenters. The third-order valence-electron chi connectivity index (χ3n) is 1.46. The van der Waals surface area contributed by atoms with Crippen LogP contribution in [0.4, 0.5) is 4.79 Å². The molecule has 0 fully saturated rings. The predicted molar refractivity (Wildman–Crippen MR) is 56.8 cm³/mol. The molecule has 15 heavy (non-hydrogen) atoms. The lowest BCUT2D eigenvalue weighted by atomic mass is 10.1. The molecule has 0 saturated carbocycles.